The predicted octanol–water partition coefficient (Wildman–Crippen LogP) is 0.441. The molecule has 2 N–H and O–H groups in total. The number of aromatic nitrogens is 1. The van der Waals surface area contributed by atoms with Crippen molar-refractivity contribution in [2.24, 2.45) is 0 Å². The number of nitrogens with one attached hydrogen (secondary N) is 1. The highest BCUT2D eigenvalue weighted by Gasteiger charge is 2.17. The molecular weight excluding hydrogens is 152 g/mol. The molecule has 0 saturated heterocycles. The van der Waals surface area contributed by atoms with E-state index in [1.165, 1.54) is 0 Å². The van der Waals surface area contributed by atoms with E-state index >= 15 is 0 Å². The zero-order valence-electron chi connectivity index (χ0n) is 5.27. The maximum atomic E-state index is 10.1. The topological polar surface area (TPSA) is 96.2 Å². The molecule has 0 aliphatic heterocycles. The molecule has 0 bridgehead atoms. The lowest BCUT2D eigenvalue weighted by atomic mass is 10.3. The van der Waals surface area contributed by atoms with Crippen LogP contribution < -0.4 is 0 Å². The quantitative estimate of drug-likeness (QED) is 0.369. The van der Waals surface area contributed by atoms with Crippen molar-refractivity contribution in [2.75, 3.05) is 0 Å². The Morgan fingerprint density at radius 1 is 1.73 bits per heavy atom. The first-order valence-corrected chi connectivity index (χ1v) is 2.66. The molecule has 0 spiro atoms. The third kappa shape index (κ3) is 1.05. The molecule has 0 aliphatic carbocycles. The second-order valence-electron chi connectivity index (χ2n) is 1.81. The van der Waals surface area contributed by atoms with Gasteiger partial charge in [0, 0.05) is 0 Å². The summed E-state index contributed by atoms with van der Waals surface area (Å²) in [7, 11) is 0. The van der Waals surface area contributed by atoms with Gasteiger partial charge in [0.25, 0.3) is 0 Å². The summed E-state index contributed by atoms with van der Waals surface area (Å²) in [5, 5.41) is 18.9. The molecule has 1 aromatic heterocycles. The van der Waals surface area contributed by atoms with E-state index < -0.39 is 16.5 Å². The Morgan fingerprint density at radius 2 is 2.36 bits per heavy atom. The lowest BCUT2D eigenvalue weighted by molar-refractivity contribution is -0.389. The number of hydrogen-bond acceptors (Lipinski definition) is 4. The molecule has 0 unspecified atom stereocenters. The van der Waals surface area contributed by atoms with Gasteiger partial charge in [0.15, 0.2) is 17.6 Å². The Balaban J connectivity index is 3.26. The van der Waals surface area contributed by atoms with E-state index in [0.29, 0.717) is 0 Å². The van der Waals surface area contributed by atoms with Crippen LogP contribution in [-0.2, 0) is 0 Å². The number of rotatable bonds is 2. The van der Waals surface area contributed by atoms with Crippen molar-refractivity contribution < 1.29 is 14.8 Å². The van der Waals surface area contributed by atoms with Gasteiger partial charge in [0.1, 0.15) is 6.20 Å². The Morgan fingerprint density at radius 3 is 2.73 bits per heavy atom. The highest BCUT2D eigenvalue weighted by Crippen LogP contribution is 2.23. The van der Waals surface area contributed by atoms with Crippen LogP contribution in [0.3, 0.4) is 0 Å². The van der Waals surface area contributed by atoms with Crippen LogP contribution in [0.5, 0.6) is 5.75 Å². The van der Waals surface area contributed by atoms with Gasteiger partial charge in [0.2, 0.25) is 0 Å². The summed E-state index contributed by atoms with van der Waals surface area (Å²) in [5.41, 5.74) is -0.324. The van der Waals surface area contributed by atoms with Gasteiger partial charge >= 0.3 is 5.82 Å². The third-order valence-electron chi connectivity index (χ3n) is 1.18. The van der Waals surface area contributed by atoms with Gasteiger partial charge in [-0.3, -0.25) is 4.79 Å². The van der Waals surface area contributed by atoms with Gasteiger partial charge in [-0.2, -0.15) is 0 Å². The summed E-state index contributed by atoms with van der Waals surface area (Å²) >= 11 is 0. The zero-order valence-corrected chi connectivity index (χ0v) is 5.27. The maximum Gasteiger partial charge on any atom is 0.335 e. The van der Waals surface area contributed by atoms with Gasteiger partial charge in [-0.1, -0.05) is 0 Å². The van der Waals surface area contributed by atoms with Crippen LogP contribution in [-0.4, -0.2) is 21.3 Å². The van der Waals surface area contributed by atoms with Crippen molar-refractivity contribution in [1.29, 1.82) is 0 Å². The average Bonchev–Trinajstić information content (AvgIpc) is 2.30. The second-order valence-corrected chi connectivity index (χ2v) is 1.81. The van der Waals surface area contributed by atoms with Crippen molar-refractivity contribution in [3.8, 4) is 5.75 Å². The van der Waals surface area contributed by atoms with E-state index in [1.54, 1.807) is 0 Å². The van der Waals surface area contributed by atoms with Crippen LogP contribution in [0.15, 0.2) is 6.20 Å². The molecule has 11 heavy (non-hydrogen) atoms. The fourth-order valence-electron chi connectivity index (χ4n) is 0.681. The van der Waals surface area contributed by atoms with Crippen LogP contribution in [0.25, 0.3) is 0 Å². The van der Waals surface area contributed by atoms with Crippen molar-refractivity contribution >= 4 is 12.1 Å². The van der Waals surface area contributed by atoms with Crippen molar-refractivity contribution in [3.05, 3.63) is 21.9 Å². The molecule has 6 nitrogen and oxygen atoms in total. The van der Waals surface area contributed by atoms with E-state index in [4.69, 9.17) is 5.11 Å². The number of aldehydes is 1. The van der Waals surface area contributed by atoms with Gasteiger partial charge < -0.3 is 15.2 Å². The fraction of sp³-hybridized carbons (Fsp3) is 0. The summed E-state index contributed by atoms with van der Waals surface area (Å²) in [6.45, 7) is 0. The Hall–Kier alpha value is -1.85. The molecule has 0 aromatic carbocycles. The smallest absolute Gasteiger partial charge is 0.335 e. The third-order valence-corrected chi connectivity index (χ3v) is 1.18. The minimum atomic E-state index is -0.774. The summed E-state index contributed by atoms with van der Waals surface area (Å²) in [5.74, 6) is -0.899. The molecule has 0 aliphatic rings. The van der Waals surface area contributed by atoms with Crippen LogP contribution >= 0.6 is 0 Å². The number of nitro groups is 1. The largest absolute Gasteiger partial charge is 0.504 e. The normalized spacial score (nSPS) is 9.45. The molecule has 0 amide bonds. The first kappa shape index (κ1) is 7.26. The van der Waals surface area contributed by atoms with Crippen molar-refractivity contribution in [2.45, 2.75) is 0 Å². The molecule has 1 heterocycles. The number of nitrogens with zero attached hydrogens (tertiary/aromatic N) is 1. The monoisotopic (exact) mass is 156 g/mol. The molecule has 1 rings (SSSR count). The molecule has 0 fully saturated rings. The lowest BCUT2D eigenvalue weighted by Crippen LogP contribution is -1.91. The van der Waals surface area contributed by atoms with Crippen LogP contribution in [0.2, 0.25) is 0 Å². The molecule has 1 aromatic rings. The fourth-order valence-corrected chi connectivity index (χ4v) is 0.681. The maximum absolute atomic E-state index is 10.1. The lowest BCUT2D eigenvalue weighted by Gasteiger charge is -1.89. The van der Waals surface area contributed by atoms with E-state index in [-0.39, 0.29) is 11.8 Å². The van der Waals surface area contributed by atoms with Crippen LogP contribution in [0.4, 0.5) is 5.82 Å². The SMILES string of the molecule is O=Cc1c(O)c[nH]c1[N+](=O)[O-]. The Kier molecular flexibility index (Phi) is 1.59. The Bertz CT molecular complexity index is 303. The number of carbonyl (C=O) groups is 1. The molecule has 0 atom stereocenters. The minimum Gasteiger partial charge on any atom is -0.504 e. The highest BCUT2D eigenvalue weighted by atomic mass is 16.6. The molecule has 0 saturated carbocycles. The average molecular weight is 156 g/mol. The molecule has 58 valence electrons. The number of aromatic amines is 1. The van der Waals surface area contributed by atoms with Gasteiger partial charge in [-0.25, -0.2) is 4.98 Å². The van der Waals surface area contributed by atoms with E-state index in [9.17, 15) is 14.9 Å². The van der Waals surface area contributed by atoms with E-state index in [2.05, 4.69) is 4.98 Å². The second kappa shape index (κ2) is 2.41. The molecule has 6 heteroatoms. The first-order valence-electron chi connectivity index (χ1n) is 2.66. The minimum absolute atomic E-state index is 0.226. The first-order chi connectivity index (χ1) is 5.16. The zero-order chi connectivity index (χ0) is 8.43. The number of hydrogen-bond donors (Lipinski definition) is 2. The van der Waals surface area contributed by atoms with E-state index in [0.717, 1.165) is 6.20 Å². The molecular formula is C5H4N2O4. The summed E-state index contributed by atoms with van der Waals surface area (Å²) in [4.78, 5) is 21.6. The summed E-state index contributed by atoms with van der Waals surface area (Å²) in [6, 6.07) is 0. The van der Waals surface area contributed by atoms with Gasteiger partial charge in [-0.15, -0.1) is 0 Å². The van der Waals surface area contributed by atoms with Gasteiger partial charge in [0.05, 0.1) is 0 Å². The number of aromatic hydroxyl groups is 1. The number of carbonyl (C=O) groups excluding carboxylic acids is 1. The molecule has 0 radical (unpaired) electrons. The van der Waals surface area contributed by atoms with Crippen LogP contribution in [0, 0.1) is 10.1 Å². The van der Waals surface area contributed by atoms with Crippen LogP contribution in [0.1, 0.15) is 10.4 Å². The van der Waals surface area contributed by atoms with E-state index in [1.807, 2.05) is 0 Å². The Labute approximate surface area is 60.6 Å². The highest BCUT2D eigenvalue weighted by molar-refractivity contribution is 5.84. The van der Waals surface area contributed by atoms with Crippen molar-refractivity contribution in [3.63, 3.8) is 0 Å². The predicted molar refractivity (Wildman–Crippen MR) is 34.5 cm³/mol. The standard InChI is InChI=1S/C5H4N2O4/c8-2-3-4(9)1-6-5(3)7(10)11/h1-2,6,9H. The van der Waals surface area contributed by atoms with Gasteiger partial charge in [-0.05, 0) is 4.92 Å². The van der Waals surface area contributed by atoms with Crippen molar-refractivity contribution in [1.82, 2.24) is 4.98 Å². The summed E-state index contributed by atoms with van der Waals surface area (Å²) in [6.07, 6.45) is 1.21. The summed E-state index contributed by atoms with van der Waals surface area (Å²) < 4.78 is 0. The number of H-pyrrole nitrogens is 1.